The second-order valence-electron chi connectivity index (χ2n) is 4.11. The Morgan fingerprint density at radius 3 is 2.76 bits per heavy atom. The van der Waals surface area contributed by atoms with Crippen LogP contribution < -0.4 is 15.4 Å². The van der Waals surface area contributed by atoms with Gasteiger partial charge in [0.15, 0.2) is 0 Å². The molecular formula is C14H13ClN2O3S. The molecule has 0 atom stereocenters. The number of nitrogens with one attached hydrogen (secondary N) is 2. The smallest absolute Gasteiger partial charge is 0.313 e. The highest BCUT2D eigenvalue weighted by Crippen LogP contribution is 2.27. The fraction of sp³-hybridized carbons (Fsp3) is 0.143. The normalized spacial score (nSPS) is 10.0. The zero-order valence-electron chi connectivity index (χ0n) is 11.2. The molecule has 0 bridgehead atoms. The van der Waals surface area contributed by atoms with E-state index >= 15 is 0 Å². The van der Waals surface area contributed by atoms with Crippen molar-refractivity contribution < 1.29 is 14.3 Å². The van der Waals surface area contributed by atoms with Crippen LogP contribution in [-0.2, 0) is 16.1 Å². The lowest BCUT2D eigenvalue weighted by molar-refractivity contribution is -0.136. The summed E-state index contributed by atoms with van der Waals surface area (Å²) in [6.45, 7) is 0.308. The van der Waals surface area contributed by atoms with E-state index in [0.29, 0.717) is 23.0 Å². The lowest BCUT2D eigenvalue weighted by Crippen LogP contribution is -2.34. The second-order valence-corrected chi connectivity index (χ2v) is 5.33. The average molecular weight is 325 g/mol. The largest absolute Gasteiger partial charge is 0.495 e. The van der Waals surface area contributed by atoms with Crippen LogP contribution in [0, 0.1) is 0 Å². The molecule has 0 aliphatic carbocycles. The molecule has 0 aliphatic rings. The minimum absolute atomic E-state index is 0.308. The molecule has 0 unspecified atom stereocenters. The number of hydrogen-bond acceptors (Lipinski definition) is 4. The molecule has 1 aromatic carbocycles. The third kappa shape index (κ3) is 4.21. The minimum atomic E-state index is -0.772. The van der Waals surface area contributed by atoms with Gasteiger partial charge in [0, 0.05) is 11.6 Å². The fourth-order valence-electron chi connectivity index (χ4n) is 1.61. The van der Waals surface area contributed by atoms with Crippen LogP contribution in [0.3, 0.4) is 0 Å². The Hall–Kier alpha value is -2.05. The summed E-state index contributed by atoms with van der Waals surface area (Å²) in [7, 11) is 1.47. The van der Waals surface area contributed by atoms with Gasteiger partial charge in [0.1, 0.15) is 5.75 Å². The number of carbonyl (C=O) groups is 2. The first-order valence-corrected chi connectivity index (χ1v) is 7.36. The number of thiophene rings is 1. The quantitative estimate of drug-likeness (QED) is 0.850. The molecule has 0 spiro atoms. The van der Waals surface area contributed by atoms with E-state index in [1.807, 2.05) is 16.8 Å². The van der Waals surface area contributed by atoms with E-state index in [9.17, 15) is 9.59 Å². The maximum Gasteiger partial charge on any atom is 0.313 e. The molecule has 1 heterocycles. The molecule has 0 aliphatic heterocycles. The molecule has 0 saturated heterocycles. The van der Waals surface area contributed by atoms with Crippen LogP contribution in [0.15, 0.2) is 35.0 Å². The molecule has 5 nitrogen and oxygen atoms in total. The molecule has 0 fully saturated rings. The van der Waals surface area contributed by atoms with Crippen LogP contribution in [0.4, 0.5) is 5.69 Å². The molecule has 21 heavy (non-hydrogen) atoms. The molecule has 2 aromatic rings. The number of anilines is 1. The van der Waals surface area contributed by atoms with Gasteiger partial charge >= 0.3 is 11.8 Å². The minimum Gasteiger partial charge on any atom is -0.495 e. The van der Waals surface area contributed by atoms with Crippen molar-refractivity contribution in [1.29, 1.82) is 0 Å². The van der Waals surface area contributed by atoms with Crippen molar-refractivity contribution in [3.63, 3.8) is 0 Å². The van der Waals surface area contributed by atoms with Gasteiger partial charge < -0.3 is 15.4 Å². The number of halogens is 1. The summed E-state index contributed by atoms with van der Waals surface area (Å²) in [5, 5.41) is 9.25. The highest BCUT2D eigenvalue weighted by Gasteiger charge is 2.15. The zero-order chi connectivity index (χ0) is 15.2. The van der Waals surface area contributed by atoms with Gasteiger partial charge in [0.25, 0.3) is 0 Å². The Balaban J connectivity index is 1.97. The summed E-state index contributed by atoms with van der Waals surface area (Å²) < 4.78 is 5.10. The van der Waals surface area contributed by atoms with E-state index in [4.69, 9.17) is 16.3 Å². The van der Waals surface area contributed by atoms with Gasteiger partial charge in [-0.3, -0.25) is 9.59 Å². The summed E-state index contributed by atoms with van der Waals surface area (Å²) in [4.78, 5) is 23.6. The number of benzene rings is 1. The van der Waals surface area contributed by atoms with Crippen molar-refractivity contribution in [2.45, 2.75) is 6.54 Å². The van der Waals surface area contributed by atoms with Crippen LogP contribution in [0.25, 0.3) is 0 Å². The van der Waals surface area contributed by atoms with Crippen LogP contribution in [0.2, 0.25) is 5.02 Å². The second kappa shape index (κ2) is 7.10. The summed E-state index contributed by atoms with van der Waals surface area (Å²) in [6, 6.07) is 6.64. The molecule has 0 saturated carbocycles. The Morgan fingerprint density at radius 1 is 1.29 bits per heavy atom. The van der Waals surface area contributed by atoms with E-state index in [2.05, 4.69) is 10.6 Å². The number of rotatable bonds is 4. The Bertz CT molecular complexity index is 644. The molecule has 110 valence electrons. The first kappa shape index (κ1) is 15.3. The predicted molar refractivity (Wildman–Crippen MR) is 82.8 cm³/mol. The van der Waals surface area contributed by atoms with Crippen molar-refractivity contribution in [1.82, 2.24) is 5.32 Å². The van der Waals surface area contributed by atoms with Gasteiger partial charge in [-0.05, 0) is 40.6 Å². The third-order valence-corrected chi connectivity index (χ3v) is 3.62. The summed E-state index contributed by atoms with van der Waals surface area (Å²) in [6.07, 6.45) is 0. The van der Waals surface area contributed by atoms with Crippen LogP contribution in [0.1, 0.15) is 5.56 Å². The van der Waals surface area contributed by atoms with Crippen molar-refractivity contribution in [3.05, 3.63) is 45.6 Å². The number of amides is 2. The molecule has 2 N–H and O–H groups in total. The number of carbonyl (C=O) groups excluding carboxylic acids is 2. The molecule has 2 rings (SSSR count). The van der Waals surface area contributed by atoms with Crippen LogP contribution in [0.5, 0.6) is 5.75 Å². The summed E-state index contributed by atoms with van der Waals surface area (Å²) in [5.41, 5.74) is 1.29. The lowest BCUT2D eigenvalue weighted by Gasteiger charge is -2.10. The number of ether oxygens (including phenoxy) is 1. The van der Waals surface area contributed by atoms with E-state index < -0.39 is 11.8 Å². The highest BCUT2D eigenvalue weighted by molar-refractivity contribution is 7.07. The average Bonchev–Trinajstić information content (AvgIpc) is 2.98. The fourth-order valence-corrected chi connectivity index (χ4v) is 2.45. The van der Waals surface area contributed by atoms with Crippen molar-refractivity contribution in [3.8, 4) is 5.75 Å². The van der Waals surface area contributed by atoms with Crippen molar-refractivity contribution >= 4 is 40.4 Å². The maximum absolute atomic E-state index is 11.8. The Kier molecular flexibility index (Phi) is 5.19. The number of methoxy groups -OCH3 is 1. The van der Waals surface area contributed by atoms with Gasteiger partial charge in [-0.15, -0.1) is 0 Å². The zero-order valence-corrected chi connectivity index (χ0v) is 12.8. The predicted octanol–water partition coefficient (Wildman–Crippen LogP) is 2.67. The van der Waals surface area contributed by atoms with Gasteiger partial charge in [-0.1, -0.05) is 11.6 Å². The van der Waals surface area contributed by atoms with Gasteiger partial charge in [-0.25, -0.2) is 0 Å². The molecule has 7 heteroatoms. The van der Waals surface area contributed by atoms with Crippen molar-refractivity contribution in [2.75, 3.05) is 12.4 Å². The first-order chi connectivity index (χ1) is 10.1. The van der Waals surface area contributed by atoms with E-state index in [1.54, 1.807) is 12.1 Å². The topological polar surface area (TPSA) is 67.4 Å². The van der Waals surface area contributed by atoms with E-state index in [0.717, 1.165) is 5.56 Å². The third-order valence-electron chi connectivity index (χ3n) is 2.65. The SMILES string of the molecule is COc1ccc(Cl)cc1NC(=O)C(=O)NCc1ccsc1. The standard InChI is InChI=1S/C14H13ClN2O3S/c1-20-12-3-2-10(15)6-11(12)17-14(19)13(18)16-7-9-4-5-21-8-9/h2-6,8H,7H2,1H3,(H,16,18)(H,17,19). The van der Waals surface area contributed by atoms with Crippen LogP contribution in [-0.4, -0.2) is 18.9 Å². The van der Waals surface area contributed by atoms with Crippen molar-refractivity contribution in [2.24, 2.45) is 0 Å². The van der Waals surface area contributed by atoms with Gasteiger partial charge in [0.05, 0.1) is 12.8 Å². The number of hydrogen-bond donors (Lipinski definition) is 2. The maximum atomic E-state index is 11.8. The van der Waals surface area contributed by atoms with Gasteiger partial charge in [-0.2, -0.15) is 11.3 Å². The summed E-state index contributed by atoms with van der Waals surface area (Å²) >= 11 is 7.39. The Morgan fingerprint density at radius 2 is 2.10 bits per heavy atom. The van der Waals surface area contributed by atoms with E-state index in [-0.39, 0.29) is 0 Å². The highest BCUT2D eigenvalue weighted by atomic mass is 35.5. The monoisotopic (exact) mass is 324 g/mol. The lowest BCUT2D eigenvalue weighted by atomic mass is 10.3. The van der Waals surface area contributed by atoms with Gasteiger partial charge in [0.2, 0.25) is 0 Å². The molecule has 1 aromatic heterocycles. The molecule has 2 amide bonds. The summed E-state index contributed by atoms with van der Waals surface area (Å²) in [5.74, 6) is -1.06. The first-order valence-electron chi connectivity index (χ1n) is 6.04. The van der Waals surface area contributed by atoms with E-state index in [1.165, 1.54) is 24.5 Å². The van der Waals surface area contributed by atoms with Crippen LogP contribution >= 0.6 is 22.9 Å². The molecular weight excluding hydrogens is 312 g/mol. The molecule has 0 radical (unpaired) electrons. The Labute approximate surface area is 130 Å².